The van der Waals surface area contributed by atoms with Crippen LogP contribution in [0.15, 0.2) is 72.9 Å². The van der Waals surface area contributed by atoms with Gasteiger partial charge in [-0.1, -0.05) is 222 Å². The van der Waals surface area contributed by atoms with Gasteiger partial charge in [-0.15, -0.1) is 0 Å². The quantitative estimate of drug-likeness (QED) is 0.0346. The van der Waals surface area contributed by atoms with Gasteiger partial charge in [0.25, 0.3) is 0 Å². The molecule has 0 N–H and O–H groups in total. The van der Waals surface area contributed by atoms with Gasteiger partial charge in [-0.25, -0.2) is 0 Å². The normalized spacial score (nSPS) is 12.7. The van der Waals surface area contributed by atoms with Gasteiger partial charge < -0.3 is 14.2 Å². The molecule has 0 aromatic heterocycles. The summed E-state index contributed by atoms with van der Waals surface area (Å²) in [4.78, 5) is 25.5. The minimum absolute atomic E-state index is 0.0583. The van der Waals surface area contributed by atoms with Crippen molar-refractivity contribution >= 4 is 11.9 Å². The van der Waals surface area contributed by atoms with E-state index in [4.69, 9.17) is 14.2 Å². The van der Waals surface area contributed by atoms with Crippen LogP contribution in [0.1, 0.15) is 265 Å². The zero-order valence-electron chi connectivity index (χ0n) is 42.5. The second-order valence-electron chi connectivity index (χ2n) is 18.1. The monoisotopic (exact) mass is 893 g/mol. The van der Waals surface area contributed by atoms with Gasteiger partial charge in [0.2, 0.25) is 0 Å². The van der Waals surface area contributed by atoms with Crippen LogP contribution in [0.2, 0.25) is 0 Å². The Bertz CT molecular complexity index is 1150. The van der Waals surface area contributed by atoms with Crippen molar-refractivity contribution in [3.05, 3.63) is 72.9 Å². The zero-order chi connectivity index (χ0) is 46.3. The Balaban J connectivity index is 4.31. The first kappa shape index (κ1) is 61.3. The number of hydrogen-bond donors (Lipinski definition) is 0. The molecule has 0 aliphatic carbocycles. The van der Waals surface area contributed by atoms with E-state index in [1.165, 1.54) is 154 Å². The topological polar surface area (TPSA) is 61.8 Å². The van der Waals surface area contributed by atoms with Gasteiger partial charge in [-0.3, -0.25) is 9.59 Å². The lowest BCUT2D eigenvalue weighted by Gasteiger charge is -2.18. The van der Waals surface area contributed by atoms with E-state index in [0.717, 1.165) is 77.0 Å². The van der Waals surface area contributed by atoms with Crippen LogP contribution in [0, 0.1) is 0 Å². The molecule has 0 fully saturated rings. The predicted octanol–water partition coefficient (Wildman–Crippen LogP) is 18.7. The Labute approximate surface area is 397 Å². The molecule has 1 atom stereocenters. The summed E-state index contributed by atoms with van der Waals surface area (Å²) in [5.74, 6) is -0.434. The molecule has 0 radical (unpaired) electrons. The van der Waals surface area contributed by atoms with Crippen molar-refractivity contribution in [2.75, 3.05) is 19.8 Å². The summed E-state index contributed by atoms with van der Waals surface area (Å²) >= 11 is 0. The van der Waals surface area contributed by atoms with Crippen molar-refractivity contribution in [1.29, 1.82) is 0 Å². The number of rotatable bonds is 50. The second kappa shape index (κ2) is 54.7. The van der Waals surface area contributed by atoms with Crippen molar-refractivity contribution in [2.45, 2.75) is 271 Å². The average molecular weight is 893 g/mol. The zero-order valence-corrected chi connectivity index (χ0v) is 42.5. The molecule has 0 aromatic rings. The van der Waals surface area contributed by atoms with Crippen LogP contribution < -0.4 is 0 Å². The molecule has 0 saturated heterocycles. The van der Waals surface area contributed by atoms with Crippen molar-refractivity contribution in [1.82, 2.24) is 0 Å². The van der Waals surface area contributed by atoms with E-state index in [2.05, 4.69) is 93.7 Å². The molecule has 1 unspecified atom stereocenters. The summed E-state index contributed by atoms with van der Waals surface area (Å²) in [6.45, 7) is 7.58. The second-order valence-corrected chi connectivity index (χ2v) is 18.1. The smallest absolute Gasteiger partial charge is 0.306 e. The van der Waals surface area contributed by atoms with Crippen LogP contribution in [0.3, 0.4) is 0 Å². The molecule has 0 aliphatic rings. The molecule has 0 heterocycles. The predicted molar refractivity (Wildman–Crippen MR) is 279 cm³/mol. The van der Waals surface area contributed by atoms with Crippen LogP contribution in [0.4, 0.5) is 0 Å². The lowest BCUT2D eigenvalue weighted by Crippen LogP contribution is -2.30. The van der Waals surface area contributed by atoms with E-state index in [1.807, 2.05) is 0 Å². The van der Waals surface area contributed by atoms with Gasteiger partial charge in [-0.05, 0) is 103 Å². The van der Waals surface area contributed by atoms with E-state index in [9.17, 15) is 9.59 Å². The van der Waals surface area contributed by atoms with Gasteiger partial charge in [0.05, 0.1) is 6.61 Å². The molecule has 370 valence electrons. The van der Waals surface area contributed by atoms with Gasteiger partial charge in [0.1, 0.15) is 6.61 Å². The molecule has 0 rings (SSSR count). The third-order valence-corrected chi connectivity index (χ3v) is 11.7. The van der Waals surface area contributed by atoms with Crippen molar-refractivity contribution in [3.63, 3.8) is 0 Å². The first-order valence-electron chi connectivity index (χ1n) is 27.5. The van der Waals surface area contributed by atoms with E-state index >= 15 is 0 Å². The summed E-state index contributed by atoms with van der Waals surface area (Å²) in [7, 11) is 0. The van der Waals surface area contributed by atoms with Crippen LogP contribution in [-0.4, -0.2) is 37.9 Å². The Hall–Kier alpha value is -2.66. The SMILES string of the molecule is CC/C=C\C/C=C\C/C=C\C/C=C\CCCOCC(COC(=O)CCCCCCCCCCC/C=C\CCCCCCCC)OC(=O)CCCCCCC/C=C\CCCCCCCC. The molecular formula is C59H104O5. The number of carbonyl (C=O) groups is 2. The minimum atomic E-state index is -0.571. The number of ether oxygens (including phenoxy) is 3. The molecule has 0 aromatic carbocycles. The number of esters is 2. The van der Waals surface area contributed by atoms with Crippen molar-refractivity contribution < 1.29 is 23.8 Å². The van der Waals surface area contributed by atoms with Crippen LogP contribution in [-0.2, 0) is 23.8 Å². The lowest BCUT2D eigenvalue weighted by molar-refractivity contribution is -0.163. The largest absolute Gasteiger partial charge is 0.462 e. The first-order chi connectivity index (χ1) is 31.6. The number of hydrogen-bond acceptors (Lipinski definition) is 5. The maximum Gasteiger partial charge on any atom is 0.306 e. The molecule has 64 heavy (non-hydrogen) atoms. The van der Waals surface area contributed by atoms with Gasteiger partial charge >= 0.3 is 11.9 Å². The highest BCUT2D eigenvalue weighted by atomic mass is 16.6. The summed E-state index contributed by atoms with van der Waals surface area (Å²) < 4.78 is 17.4. The molecule has 0 bridgehead atoms. The number of unbranched alkanes of at least 4 members (excludes halogenated alkanes) is 27. The third-order valence-electron chi connectivity index (χ3n) is 11.7. The summed E-state index contributed by atoms with van der Waals surface area (Å²) in [5.41, 5.74) is 0. The summed E-state index contributed by atoms with van der Waals surface area (Å²) in [6.07, 6.45) is 70.7. The van der Waals surface area contributed by atoms with Gasteiger partial charge in [-0.2, -0.15) is 0 Å². The fourth-order valence-corrected chi connectivity index (χ4v) is 7.62. The molecule has 0 saturated carbocycles. The summed E-state index contributed by atoms with van der Waals surface area (Å²) in [5, 5.41) is 0. The Kier molecular flexibility index (Phi) is 52.4. The van der Waals surface area contributed by atoms with Gasteiger partial charge in [0, 0.05) is 19.4 Å². The highest BCUT2D eigenvalue weighted by molar-refractivity contribution is 5.70. The fourth-order valence-electron chi connectivity index (χ4n) is 7.62. The van der Waals surface area contributed by atoms with E-state index in [0.29, 0.717) is 19.4 Å². The minimum Gasteiger partial charge on any atom is -0.462 e. The highest BCUT2D eigenvalue weighted by Gasteiger charge is 2.17. The lowest BCUT2D eigenvalue weighted by atomic mass is 10.1. The molecule has 0 aliphatic heterocycles. The molecule has 5 heteroatoms. The molecule has 0 amide bonds. The van der Waals surface area contributed by atoms with Crippen molar-refractivity contribution in [3.8, 4) is 0 Å². The van der Waals surface area contributed by atoms with E-state index < -0.39 is 6.10 Å². The average Bonchev–Trinajstić information content (AvgIpc) is 3.30. The first-order valence-corrected chi connectivity index (χ1v) is 27.5. The van der Waals surface area contributed by atoms with E-state index in [-0.39, 0.29) is 25.2 Å². The Morgan fingerprint density at radius 2 is 0.703 bits per heavy atom. The maximum absolute atomic E-state index is 12.8. The maximum atomic E-state index is 12.8. The van der Waals surface area contributed by atoms with Crippen LogP contribution >= 0.6 is 0 Å². The third kappa shape index (κ3) is 52.0. The number of carbonyl (C=O) groups excluding carboxylic acids is 2. The Morgan fingerprint density at radius 3 is 1.14 bits per heavy atom. The van der Waals surface area contributed by atoms with E-state index in [1.54, 1.807) is 0 Å². The number of allylic oxidation sites excluding steroid dienone is 12. The molecule has 0 spiro atoms. The van der Waals surface area contributed by atoms with Gasteiger partial charge in [0.15, 0.2) is 6.10 Å². The Morgan fingerprint density at radius 1 is 0.359 bits per heavy atom. The standard InChI is InChI=1S/C59H104O5/c1-4-7-10-13-16-19-22-25-28-29-30-31-33-34-37-40-43-46-49-52-58(60)63-56-57(55-62-54-51-48-45-42-39-36-27-24-21-18-15-12-9-6-3)64-59(61)53-50-47-44-41-38-35-32-26-23-20-17-14-11-8-5-2/h9,12,18,21,25-28,32,36,42,45,57H,4-8,10-11,13-17,19-20,22-24,29-31,33-35,37-41,43-44,46-56H2,1-3H3/b12-9-,21-18-,28-25-,32-26-,36-27-,45-42-. The van der Waals surface area contributed by atoms with Crippen molar-refractivity contribution in [2.24, 2.45) is 0 Å². The highest BCUT2D eigenvalue weighted by Crippen LogP contribution is 2.14. The fraction of sp³-hybridized carbons (Fsp3) is 0.763. The summed E-state index contributed by atoms with van der Waals surface area (Å²) in [6, 6.07) is 0. The molecular weight excluding hydrogens is 789 g/mol. The van der Waals surface area contributed by atoms with Crippen LogP contribution in [0.5, 0.6) is 0 Å². The molecule has 5 nitrogen and oxygen atoms in total. The van der Waals surface area contributed by atoms with Crippen LogP contribution in [0.25, 0.3) is 0 Å².